The monoisotopic (exact) mass is 506 g/mol. The fraction of sp³-hybridized carbons (Fsp3) is 0.375. The van der Waals surface area contributed by atoms with Crippen molar-refractivity contribution in [2.45, 2.75) is 38.0 Å². The maximum Gasteiger partial charge on any atom is 0.419 e. The smallest absolute Gasteiger partial charge is 0.353 e. The molecular formula is C24H23F5N6O. The highest BCUT2D eigenvalue weighted by Crippen LogP contribution is 2.36. The summed E-state index contributed by atoms with van der Waals surface area (Å²) in [4.78, 5) is 29.0. The van der Waals surface area contributed by atoms with Crippen LogP contribution in [-0.2, 0) is 12.7 Å². The number of nitrogens with one attached hydrogen (secondary N) is 1. The van der Waals surface area contributed by atoms with E-state index in [9.17, 15) is 26.7 Å². The van der Waals surface area contributed by atoms with Gasteiger partial charge in [-0.1, -0.05) is 13.0 Å². The Bertz CT molecular complexity index is 1200. The van der Waals surface area contributed by atoms with E-state index < -0.39 is 36.2 Å². The molecule has 3 aromatic rings. The molecule has 0 radical (unpaired) electrons. The highest BCUT2D eigenvalue weighted by atomic mass is 19.4. The van der Waals surface area contributed by atoms with Gasteiger partial charge in [0.15, 0.2) is 6.29 Å². The maximum absolute atomic E-state index is 14.6. The van der Waals surface area contributed by atoms with Gasteiger partial charge in [0, 0.05) is 55.9 Å². The van der Waals surface area contributed by atoms with Gasteiger partial charge in [-0.15, -0.1) is 0 Å². The molecule has 7 nitrogen and oxygen atoms in total. The second kappa shape index (κ2) is 10.2. The molecule has 1 fully saturated rings. The van der Waals surface area contributed by atoms with E-state index in [1.54, 1.807) is 42.3 Å². The third kappa shape index (κ3) is 5.81. The largest absolute Gasteiger partial charge is 0.419 e. The second-order valence-corrected chi connectivity index (χ2v) is 8.75. The summed E-state index contributed by atoms with van der Waals surface area (Å²) >= 11 is 0. The third-order valence-electron chi connectivity index (χ3n) is 6.10. The Morgan fingerprint density at radius 3 is 2.50 bits per heavy atom. The van der Waals surface area contributed by atoms with Gasteiger partial charge in [0.05, 0.1) is 17.8 Å². The molecule has 2 atom stereocenters. The number of aromatic nitrogens is 4. The highest BCUT2D eigenvalue weighted by molar-refractivity contribution is 5.84. The van der Waals surface area contributed by atoms with Crippen LogP contribution in [0.25, 0.3) is 11.3 Å². The van der Waals surface area contributed by atoms with Gasteiger partial charge in [0.25, 0.3) is 5.92 Å². The first-order chi connectivity index (χ1) is 17.1. The first kappa shape index (κ1) is 25.5. The summed E-state index contributed by atoms with van der Waals surface area (Å²) in [5.41, 5.74) is 0.802. The minimum atomic E-state index is -4.56. The van der Waals surface area contributed by atoms with E-state index in [-0.39, 0.29) is 31.2 Å². The molecular weight excluding hydrogens is 483 g/mol. The molecule has 1 aliphatic heterocycles. The van der Waals surface area contributed by atoms with Crippen molar-refractivity contribution in [2.75, 3.05) is 18.4 Å². The Hall–Kier alpha value is -3.54. The van der Waals surface area contributed by atoms with Gasteiger partial charge in [0.2, 0.25) is 5.95 Å². The van der Waals surface area contributed by atoms with E-state index in [1.807, 2.05) is 0 Å². The fourth-order valence-corrected chi connectivity index (χ4v) is 4.45. The molecule has 0 aliphatic carbocycles. The predicted molar refractivity (Wildman–Crippen MR) is 121 cm³/mol. The van der Waals surface area contributed by atoms with Crippen LogP contribution in [0.2, 0.25) is 0 Å². The Kier molecular flexibility index (Phi) is 7.25. The van der Waals surface area contributed by atoms with E-state index in [0.29, 0.717) is 35.5 Å². The average molecular weight is 506 g/mol. The molecule has 0 bridgehead atoms. The number of hydrogen-bond acceptors (Lipinski definition) is 7. The number of pyridine rings is 2. The first-order valence-corrected chi connectivity index (χ1v) is 11.2. The molecule has 0 saturated carbocycles. The van der Waals surface area contributed by atoms with Crippen LogP contribution in [0.1, 0.15) is 35.0 Å². The van der Waals surface area contributed by atoms with Crippen LogP contribution in [0, 0.1) is 5.92 Å². The molecule has 190 valence electrons. The van der Waals surface area contributed by atoms with Crippen LogP contribution < -0.4 is 5.32 Å². The van der Waals surface area contributed by atoms with Crippen LogP contribution in [0.3, 0.4) is 0 Å². The fourth-order valence-electron chi connectivity index (χ4n) is 4.45. The van der Waals surface area contributed by atoms with Gasteiger partial charge < -0.3 is 5.32 Å². The van der Waals surface area contributed by atoms with E-state index in [0.717, 1.165) is 0 Å². The van der Waals surface area contributed by atoms with Crippen molar-refractivity contribution < 1.29 is 26.7 Å². The van der Waals surface area contributed by atoms with Crippen molar-refractivity contribution in [1.29, 1.82) is 0 Å². The molecule has 36 heavy (non-hydrogen) atoms. The molecule has 1 saturated heterocycles. The molecule has 3 aromatic heterocycles. The number of aldehydes is 1. The van der Waals surface area contributed by atoms with Gasteiger partial charge in [-0.05, 0) is 29.7 Å². The first-order valence-electron chi connectivity index (χ1n) is 11.2. The summed E-state index contributed by atoms with van der Waals surface area (Å²) in [5.74, 6) is -3.40. The molecule has 0 spiro atoms. The minimum Gasteiger partial charge on any atom is -0.353 e. The standard InChI is InChI=1S/C24H23F5N6O/c1-15-8-23(25,26)14-35(20(15)11-34-22-32-9-17(10-33-22)24(27,28)29)12-16-4-2-7-31-21(16)18-5-3-6-30-19(18)13-36/h2-7,9-10,13,15,20H,8,11-12,14H2,1H3,(H,32,33,34)/t15-,20-/m1/s1. The molecule has 0 aromatic carbocycles. The number of piperidine rings is 1. The lowest BCUT2D eigenvalue weighted by molar-refractivity contribution is -0.138. The van der Waals surface area contributed by atoms with Crippen LogP contribution in [-0.4, -0.2) is 56.2 Å². The van der Waals surface area contributed by atoms with Crippen LogP contribution >= 0.6 is 0 Å². The van der Waals surface area contributed by atoms with Crippen LogP contribution in [0.15, 0.2) is 49.1 Å². The normalized spacial score (nSPS) is 20.2. The lowest BCUT2D eigenvalue weighted by Gasteiger charge is -2.43. The van der Waals surface area contributed by atoms with Crippen molar-refractivity contribution >= 4 is 12.2 Å². The zero-order chi connectivity index (χ0) is 25.9. The lowest BCUT2D eigenvalue weighted by Crippen LogP contribution is -2.54. The lowest BCUT2D eigenvalue weighted by atomic mass is 9.88. The summed E-state index contributed by atoms with van der Waals surface area (Å²) in [5, 5.41) is 2.88. The van der Waals surface area contributed by atoms with E-state index in [2.05, 4.69) is 25.3 Å². The highest BCUT2D eigenvalue weighted by Gasteiger charge is 2.44. The number of carbonyl (C=O) groups is 1. The van der Waals surface area contributed by atoms with Crippen molar-refractivity contribution in [3.8, 4) is 11.3 Å². The summed E-state index contributed by atoms with van der Waals surface area (Å²) < 4.78 is 67.5. The van der Waals surface area contributed by atoms with Gasteiger partial charge in [0.1, 0.15) is 5.69 Å². The predicted octanol–water partition coefficient (Wildman–Crippen LogP) is 4.72. The zero-order valence-corrected chi connectivity index (χ0v) is 19.2. The number of nitrogens with zero attached hydrogens (tertiary/aromatic N) is 5. The molecule has 4 heterocycles. The number of anilines is 1. The van der Waals surface area contributed by atoms with Gasteiger partial charge in [-0.3, -0.25) is 19.7 Å². The molecule has 1 N–H and O–H groups in total. The Balaban J connectivity index is 1.58. The number of alkyl halides is 5. The third-order valence-corrected chi connectivity index (χ3v) is 6.10. The SMILES string of the molecule is C[C@@H]1CC(F)(F)CN(Cc2cccnc2-c2cccnc2C=O)[C@@H]1CNc1ncc(C(F)(F)F)cn1. The molecule has 4 rings (SSSR count). The average Bonchev–Trinajstić information content (AvgIpc) is 2.83. The number of rotatable bonds is 7. The molecule has 0 unspecified atom stereocenters. The summed E-state index contributed by atoms with van der Waals surface area (Å²) in [6.07, 6.45) is 0.0992. The van der Waals surface area contributed by atoms with Gasteiger partial charge in [-0.2, -0.15) is 13.2 Å². The van der Waals surface area contributed by atoms with Gasteiger partial charge in [-0.25, -0.2) is 18.7 Å². The molecule has 1 aliphatic rings. The quantitative estimate of drug-likeness (QED) is 0.367. The van der Waals surface area contributed by atoms with Crippen LogP contribution in [0.4, 0.5) is 27.9 Å². The molecule has 0 amide bonds. The van der Waals surface area contributed by atoms with E-state index in [1.165, 1.54) is 6.20 Å². The van der Waals surface area contributed by atoms with Crippen LogP contribution in [0.5, 0.6) is 0 Å². The number of carbonyl (C=O) groups excluding carboxylic acids is 1. The van der Waals surface area contributed by atoms with Crippen molar-refractivity contribution in [3.05, 3.63) is 65.9 Å². The van der Waals surface area contributed by atoms with Crippen molar-refractivity contribution in [1.82, 2.24) is 24.8 Å². The topological polar surface area (TPSA) is 83.9 Å². The van der Waals surface area contributed by atoms with Gasteiger partial charge >= 0.3 is 6.18 Å². The Morgan fingerprint density at radius 1 is 1.11 bits per heavy atom. The summed E-state index contributed by atoms with van der Waals surface area (Å²) in [6, 6.07) is 6.39. The number of hydrogen-bond donors (Lipinski definition) is 1. The van der Waals surface area contributed by atoms with Crippen molar-refractivity contribution in [2.24, 2.45) is 5.92 Å². The Morgan fingerprint density at radius 2 is 1.81 bits per heavy atom. The van der Waals surface area contributed by atoms with E-state index >= 15 is 0 Å². The van der Waals surface area contributed by atoms with E-state index in [4.69, 9.17) is 0 Å². The Labute approximate surface area is 203 Å². The summed E-state index contributed by atoms with van der Waals surface area (Å²) in [6.45, 7) is 1.44. The minimum absolute atomic E-state index is 0.0273. The summed E-state index contributed by atoms with van der Waals surface area (Å²) in [7, 11) is 0. The zero-order valence-electron chi connectivity index (χ0n) is 19.2. The number of likely N-dealkylation sites (tertiary alicyclic amines) is 1. The molecule has 12 heteroatoms. The van der Waals surface area contributed by atoms with Crippen molar-refractivity contribution in [3.63, 3.8) is 0 Å². The maximum atomic E-state index is 14.6. The second-order valence-electron chi connectivity index (χ2n) is 8.75. The number of halogens is 5.